The first-order valence-electron chi connectivity index (χ1n) is 10.6. The van der Waals surface area contributed by atoms with Crippen molar-refractivity contribution >= 4 is 0 Å². The molecule has 1 aliphatic heterocycles. The Bertz CT molecular complexity index is 841. The van der Waals surface area contributed by atoms with E-state index in [4.69, 9.17) is 9.84 Å². The number of aliphatic hydroxyl groups excluding tert-OH is 2. The van der Waals surface area contributed by atoms with Crippen LogP contribution in [0.2, 0.25) is 0 Å². The first kappa shape index (κ1) is 22.3. The fourth-order valence-electron chi connectivity index (χ4n) is 3.91. The van der Waals surface area contributed by atoms with Gasteiger partial charge in [-0.1, -0.05) is 36.1 Å². The van der Waals surface area contributed by atoms with Gasteiger partial charge in [0.05, 0.1) is 13.7 Å². The van der Waals surface area contributed by atoms with Gasteiger partial charge in [0.15, 0.2) is 0 Å². The Morgan fingerprint density at radius 2 is 1.83 bits per heavy atom. The second kappa shape index (κ2) is 11.7. The van der Waals surface area contributed by atoms with Gasteiger partial charge >= 0.3 is 0 Å². The van der Waals surface area contributed by atoms with Crippen molar-refractivity contribution in [1.82, 2.24) is 9.80 Å². The van der Waals surface area contributed by atoms with Crippen LogP contribution in [0.15, 0.2) is 48.5 Å². The number of ether oxygens (including phenoxy) is 1. The van der Waals surface area contributed by atoms with Crippen LogP contribution in [0.1, 0.15) is 29.5 Å². The monoisotopic (exact) mass is 408 g/mol. The lowest BCUT2D eigenvalue weighted by atomic mass is 10.1. The lowest BCUT2D eigenvalue weighted by molar-refractivity contribution is 0.0499. The molecule has 30 heavy (non-hydrogen) atoms. The largest absolute Gasteiger partial charge is 0.497 e. The summed E-state index contributed by atoms with van der Waals surface area (Å²) in [4.78, 5) is 4.94. The van der Waals surface area contributed by atoms with Gasteiger partial charge in [0, 0.05) is 57.4 Å². The molecule has 3 rings (SSSR count). The van der Waals surface area contributed by atoms with E-state index in [1.54, 1.807) is 7.11 Å². The Morgan fingerprint density at radius 3 is 2.57 bits per heavy atom. The summed E-state index contributed by atoms with van der Waals surface area (Å²) in [6, 6.07) is 16.9. The highest BCUT2D eigenvalue weighted by Gasteiger charge is 2.26. The first-order valence-corrected chi connectivity index (χ1v) is 10.6. The minimum Gasteiger partial charge on any atom is -0.497 e. The van der Waals surface area contributed by atoms with E-state index in [1.807, 2.05) is 24.3 Å². The van der Waals surface area contributed by atoms with Crippen LogP contribution in [0, 0.1) is 11.8 Å². The number of hydrogen-bond acceptors (Lipinski definition) is 5. The van der Waals surface area contributed by atoms with E-state index >= 15 is 0 Å². The fourth-order valence-corrected chi connectivity index (χ4v) is 3.91. The third-order valence-corrected chi connectivity index (χ3v) is 5.50. The van der Waals surface area contributed by atoms with Crippen LogP contribution in [-0.4, -0.2) is 66.0 Å². The number of rotatable bonds is 8. The van der Waals surface area contributed by atoms with E-state index in [0.29, 0.717) is 12.5 Å². The summed E-state index contributed by atoms with van der Waals surface area (Å²) < 4.78 is 5.35. The van der Waals surface area contributed by atoms with Gasteiger partial charge in [-0.05, 0) is 41.8 Å². The molecule has 2 N–H and O–H groups in total. The number of methoxy groups -OCH3 is 1. The maximum absolute atomic E-state index is 9.59. The zero-order valence-corrected chi connectivity index (χ0v) is 17.8. The molecule has 0 amide bonds. The fraction of sp³-hybridized carbons (Fsp3) is 0.440. The van der Waals surface area contributed by atoms with Crippen LogP contribution in [0.5, 0.6) is 5.75 Å². The number of benzene rings is 2. The molecule has 2 aromatic carbocycles. The highest BCUT2D eigenvalue weighted by atomic mass is 16.5. The average molecular weight is 409 g/mol. The molecule has 0 saturated carbocycles. The number of nitrogens with zero attached hydrogens (tertiary/aromatic N) is 2. The summed E-state index contributed by atoms with van der Waals surface area (Å²) in [7, 11) is 1.70. The SMILES string of the molecule is COc1cccc(CN2CCN(Cc3ccc(C#CCCO)cc3)C[C@H]2CCO)c1. The molecule has 5 heteroatoms. The summed E-state index contributed by atoms with van der Waals surface area (Å²) in [5.41, 5.74) is 3.49. The molecule has 1 fully saturated rings. The first-order chi connectivity index (χ1) is 14.7. The Morgan fingerprint density at radius 1 is 1.00 bits per heavy atom. The van der Waals surface area contributed by atoms with E-state index in [0.717, 1.165) is 50.5 Å². The van der Waals surface area contributed by atoms with Gasteiger partial charge in [-0.2, -0.15) is 0 Å². The molecule has 0 aromatic heterocycles. The predicted octanol–water partition coefficient (Wildman–Crippen LogP) is 2.50. The smallest absolute Gasteiger partial charge is 0.119 e. The molecule has 2 aromatic rings. The predicted molar refractivity (Wildman–Crippen MR) is 119 cm³/mol. The van der Waals surface area contributed by atoms with Crippen molar-refractivity contribution in [3.8, 4) is 17.6 Å². The van der Waals surface area contributed by atoms with E-state index in [9.17, 15) is 5.11 Å². The van der Waals surface area contributed by atoms with Gasteiger partial charge in [0.2, 0.25) is 0 Å². The summed E-state index contributed by atoms with van der Waals surface area (Å²) >= 11 is 0. The van der Waals surface area contributed by atoms with Crippen molar-refractivity contribution in [2.45, 2.75) is 32.0 Å². The average Bonchev–Trinajstić information content (AvgIpc) is 2.77. The highest BCUT2D eigenvalue weighted by Crippen LogP contribution is 2.20. The van der Waals surface area contributed by atoms with Gasteiger partial charge < -0.3 is 14.9 Å². The molecule has 1 saturated heterocycles. The molecule has 1 aliphatic rings. The zero-order chi connectivity index (χ0) is 21.2. The molecule has 160 valence electrons. The third-order valence-electron chi connectivity index (χ3n) is 5.50. The van der Waals surface area contributed by atoms with Crippen molar-refractivity contribution in [1.29, 1.82) is 0 Å². The van der Waals surface area contributed by atoms with Gasteiger partial charge in [-0.3, -0.25) is 9.80 Å². The lowest BCUT2D eigenvalue weighted by Crippen LogP contribution is -2.52. The van der Waals surface area contributed by atoms with Crippen molar-refractivity contribution in [2.24, 2.45) is 0 Å². The quantitative estimate of drug-likeness (QED) is 0.658. The summed E-state index contributed by atoms with van der Waals surface area (Å²) in [5.74, 6) is 6.91. The van der Waals surface area contributed by atoms with Crippen molar-refractivity contribution in [2.75, 3.05) is 40.0 Å². The van der Waals surface area contributed by atoms with Gasteiger partial charge in [0.1, 0.15) is 5.75 Å². The minimum absolute atomic E-state index is 0.101. The molecule has 1 heterocycles. The van der Waals surface area contributed by atoms with Crippen LogP contribution in [0.25, 0.3) is 0 Å². The Kier molecular flexibility index (Phi) is 8.73. The molecule has 1 atom stereocenters. The molecule has 5 nitrogen and oxygen atoms in total. The topological polar surface area (TPSA) is 56.2 Å². The molecule has 0 unspecified atom stereocenters. The number of piperazine rings is 1. The van der Waals surface area contributed by atoms with E-state index in [1.165, 1.54) is 11.1 Å². The second-order valence-corrected chi connectivity index (χ2v) is 7.70. The molecule has 0 spiro atoms. The lowest BCUT2D eigenvalue weighted by Gasteiger charge is -2.41. The maximum Gasteiger partial charge on any atom is 0.119 e. The standard InChI is InChI=1S/C25H32N2O3/c1-30-25-7-4-6-23(17-25)19-27-14-13-26(20-24(27)12-16-29)18-22-10-8-21(9-11-22)5-2-3-15-28/h4,6-11,17,24,28-29H,3,12-16,18-20H2,1H3/t24-/m1/s1. The van der Waals surface area contributed by atoms with Crippen LogP contribution in [-0.2, 0) is 13.1 Å². The van der Waals surface area contributed by atoms with Crippen LogP contribution < -0.4 is 4.74 Å². The van der Waals surface area contributed by atoms with Gasteiger partial charge in [-0.25, -0.2) is 0 Å². The zero-order valence-electron chi connectivity index (χ0n) is 17.8. The van der Waals surface area contributed by atoms with Crippen molar-refractivity contribution in [3.63, 3.8) is 0 Å². The van der Waals surface area contributed by atoms with Crippen LogP contribution >= 0.6 is 0 Å². The van der Waals surface area contributed by atoms with E-state index < -0.39 is 0 Å². The summed E-state index contributed by atoms with van der Waals surface area (Å²) in [6.45, 7) is 5.01. The molecule has 0 bridgehead atoms. The van der Waals surface area contributed by atoms with Crippen molar-refractivity contribution < 1.29 is 14.9 Å². The van der Waals surface area contributed by atoms with Crippen LogP contribution in [0.4, 0.5) is 0 Å². The normalized spacial score (nSPS) is 17.4. The Balaban J connectivity index is 1.58. The van der Waals surface area contributed by atoms with E-state index in [-0.39, 0.29) is 13.2 Å². The molecular weight excluding hydrogens is 376 g/mol. The van der Waals surface area contributed by atoms with Gasteiger partial charge in [0.25, 0.3) is 0 Å². The maximum atomic E-state index is 9.59. The summed E-state index contributed by atoms with van der Waals surface area (Å²) in [5, 5.41) is 18.4. The Labute approximate surface area is 179 Å². The van der Waals surface area contributed by atoms with Crippen molar-refractivity contribution in [3.05, 3.63) is 65.2 Å². The second-order valence-electron chi connectivity index (χ2n) is 7.70. The number of hydrogen-bond donors (Lipinski definition) is 2. The highest BCUT2D eigenvalue weighted by molar-refractivity contribution is 5.36. The molecule has 0 radical (unpaired) electrons. The Hall–Kier alpha value is -2.36. The third kappa shape index (κ3) is 6.58. The molecule has 0 aliphatic carbocycles. The van der Waals surface area contributed by atoms with E-state index in [2.05, 4.69) is 45.9 Å². The number of aliphatic hydroxyl groups is 2. The molecular formula is C25H32N2O3. The summed E-state index contributed by atoms with van der Waals surface area (Å²) in [6.07, 6.45) is 1.29. The minimum atomic E-state index is 0.101. The van der Waals surface area contributed by atoms with Crippen LogP contribution in [0.3, 0.4) is 0 Å². The van der Waals surface area contributed by atoms with Gasteiger partial charge in [-0.15, -0.1) is 0 Å².